The average Bonchev–Trinajstić information content (AvgIpc) is 2.80. The molecule has 0 radical (unpaired) electrons. The first-order valence-corrected chi connectivity index (χ1v) is 6.47. The van der Waals surface area contributed by atoms with Crippen LogP contribution < -0.4 is 0 Å². The van der Waals surface area contributed by atoms with Crippen LogP contribution >= 0.6 is 0 Å². The van der Waals surface area contributed by atoms with E-state index in [1.807, 2.05) is 6.92 Å². The lowest BCUT2D eigenvalue weighted by molar-refractivity contribution is -0.384. The van der Waals surface area contributed by atoms with Crippen molar-refractivity contribution in [2.24, 2.45) is 7.05 Å². The number of hydrogen-bond donors (Lipinski definition) is 0. The highest BCUT2D eigenvalue weighted by atomic mass is 16.6. The number of benzene rings is 1. The minimum atomic E-state index is -0.541. The summed E-state index contributed by atoms with van der Waals surface area (Å²) in [7, 11) is 1.77. The van der Waals surface area contributed by atoms with Crippen LogP contribution in [0.3, 0.4) is 0 Å². The van der Waals surface area contributed by atoms with Crippen LogP contribution in [0.4, 0.5) is 5.69 Å². The highest BCUT2D eigenvalue weighted by molar-refractivity contribution is 6.07. The van der Waals surface area contributed by atoms with Crippen LogP contribution in [0.1, 0.15) is 27.3 Å². The molecule has 0 bridgehead atoms. The average molecular weight is 295 g/mol. The topological polar surface area (TPSA) is 88.9 Å². The number of nitro benzene ring substituents is 1. The summed E-state index contributed by atoms with van der Waals surface area (Å²) in [6.45, 7) is 1.85. The molecule has 0 aliphatic rings. The molecule has 0 fully saturated rings. The van der Waals surface area contributed by atoms with Gasteiger partial charge in [0.25, 0.3) is 5.69 Å². The summed E-state index contributed by atoms with van der Waals surface area (Å²) in [5.74, 6) is -0.328. The number of allylic oxidation sites excluding steroid dienone is 1. The van der Waals surface area contributed by atoms with Gasteiger partial charge in [-0.15, -0.1) is 0 Å². The summed E-state index contributed by atoms with van der Waals surface area (Å²) >= 11 is 0. The lowest BCUT2D eigenvalue weighted by Crippen LogP contribution is -1.96. The Balaban J connectivity index is 2.27. The maximum absolute atomic E-state index is 12.1. The number of nitriles is 1. The molecule has 0 spiro atoms. The molecule has 0 aliphatic heterocycles. The van der Waals surface area contributed by atoms with Gasteiger partial charge in [0.2, 0.25) is 0 Å². The fourth-order valence-corrected chi connectivity index (χ4v) is 2.03. The maximum Gasteiger partial charge on any atom is 0.270 e. The van der Waals surface area contributed by atoms with Crippen LogP contribution in [0.2, 0.25) is 0 Å². The van der Waals surface area contributed by atoms with E-state index in [-0.39, 0.29) is 17.0 Å². The van der Waals surface area contributed by atoms with E-state index in [1.165, 1.54) is 30.3 Å². The van der Waals surface area contributed by atoms with Crippen molar-refractivity contribution >= 4 is 17.5 Å². The van der Waals surface area contributed by atoms with E-state index in [9.17, 15) is 14.9 Å². The first kappa shape index (κ1) is 15.2. The zero-order valence-corrected chi connectivity index (χ0v) is 12.1. The molecule has 0 saturated heterocycles. The number of nitrogens with zero attached hydrogens (tertiary/aromatic N) is 3. The Bertz CT molecular complexity index is 826. The van der Waals surface area contributed by atoms with Crippen molar-refractivity contribution in [1.29, 1.82) is 5.26 Å². The zero-order chi connectivity index (χ0) is 16.3. The van der Waals surface area contributed by atoms with Crippen molar-refractivity contribution in [2.45, 2.75) is 6.92 Å². The van der Waals surface area contributed by atoms with Crippen LogP contribution in [0.5, 0.6) is 0 Å². The van der Waals surface area contributed by atoms with Crippen LogP contribution in [0.25, 0.3) is 6.08 Å². The van der Waals surface area contributed by atoms with Gasteiger partial charge in [0.05, 0.1) is 4.92 Å². The standard InChI is InChI=1S/C16H13N3O3/c1-11-12(8-15(10-17)18(11)2)6-7-16(20)13-4-3-5-14(9-13)19(21)22/h3-9H,1-2H3. The van der Waals surface area contributed by atoms with Crippen molar-refractivity contribution < 1.29 is 9.72 Å². The van der Waals surface area contributed by atoms with Crippen molar-refractivity contribution in [2.75, 3.05) is 0 Å². The number of nitro groups is 1. The van der Waals surface area contributed by atoms with E-state index >= 15 is 0 Å². The Morgan fingerprint density at radius 2 is 2.14 bits per heavy atom. The van der Waals surface area contributed by atoms with Gasteiger partial charge in [-0.3, -0.25) is 14.9 Å². The Hall–Kier alpha value is -3.20. The van der Waals surface area contributed by atoms with Crippen LogP contribution in [0, 0.1) is 28.4 Å². The Morgan fingerprint density at radius 3 is 2.73 bits per heavy atom. The van der Waals surface area contributed by atoms with E-state index < -0.39 is 4.92 Å². The normalized spacial score (nSPS) is 10.6. The second-order valence-corrected chi connectivity index (χ2v) is 4.75. The van der Waals surface area contributed by atoms with E-state index in [2.05, 4.69) is 6.07 Å². The third kappa shape index (κ3) is 2.94. The molecule has 1 aromatic heterocycles. The lowest BCUT2D eigenvalue weighted by Gasteiger charge is -1.98. The number of hydrogen-bond acceptors (Lipinski definition) is 4. The number of rotatable bonds is 4. The summed E-state index contributed by atoms with van der Waals surface area (Å²) < 4.78 is 1.73. The summed E-state index contributed by atoms with van der Waals surface area (Å²) in [4.78, 5) is 22.3. The van der Waals surface area contributed by atoms with Gasteiger partial charge in [-0.1, -0.05) is 12.1 Å². The zero-order valence-electron chi connectivity index (χ0n) is 12.1. The van der Waals surface area contributed by atoms with E-state index in [0.29, 0.717) is 5.69 Å². The van der Waals surface area contributed by atoms with Crippen LogP contribution in [-0.4, -0.2) is 15.3 Å². The second kappa shape index (κ2) is 6.06. The summed E-state index contributed by atoms with van der Waals surface area (Å²) in [5, 5.41) is 19.7. The van der Waals surface area contributed by atoms with E-state index in [1.54, 1.807) is 23.8 Å². The smallest absolute Gasteiger partial charge is 0.270 e. The van der Waals surface area contributed by atoms with Gasteiger partial charge in [-0.05, 0) is 30.7 Å². The molecule has 22 heavy (non-hydrogen) atoms. The molecule has 0 aliphatic carbocycles. The minimum absolute atomic E-state index is 0.123. The molecule has 6 nitrogen and oxygen atoms in total. The minimum Gasteiger partial charge on any atom is -0.339 e. The van der Waals surface area contributed by atoms with Gasteiger partial charge < -0.3 is 4.57 Å². The Kier molecular flexibility index (Phi) is 4.18. The number of non-ortho nitro benzene ring substituents is 1. The second-order valence-electron chi connectivity index (χ2n) is 4.75. The van der Waals surface area contributed by atoms with Gasteiger partial charge >= 0.3 is 0 Å². The lowest BCUT2D eigenvalue weighted by atomic mass is 10.1. The molecular weight excluding hydrogens is 282 g/mol. The predicted molar refractivity (Wildman–Crippen MR) is 81.3 cm³/mol. The van der Waals surface area contributed by atoms with Gasteiger partial charge in [-0.25, -0.2) is 0 Å². The monoisotopic (exact) mass is 295 g/mol. The molecule has 0 amide bonds. The molecule has 110 valence electrons. The van der Waals surface area contributed by atoms with Gasteiger partial charge in [0, 0.05) is 30.4 Å². The molecule has 2 aromatic rings. The van der Waals surface area contributed by atoms with Crippen LogP contribution in [-0.2, 0) is 7.05 Å². The molecule has 0 saturated carbocycles. The number of ketones is 1. The van der Waals surface area contributed by atoms with Crippen molar-refractivity contribution in [3.63, 3.8) is 0 Å². The fraction of sp³-hybridized carbons (Fsp3) is 0.125. The molecule has 1 heterocycles. The molecule has 0 atom stereocenters. The fourth-order valence-electron chi connectivity index (χ4n) is 2.03. The van der Waals surface area contributed by atoms with Crippen molar-refractivity contribution in [3.05, 3.63) is 69.0 Å². The predicted octanol–water partition coefficient (Wildman–Crippen LogP) is 3.01. The molecule has 0 unspecified atom stereocenters. The maximum atomic E-state index is 12.1. The first-order chi connectivity index (χ1) is 10.4. The quantitative estimate of drug-likeness (QED) is 0.375. The van der Waals surface area contributed by atoms with Crippen molar-refractivity contribution in [1.82, 2.24) is 4.57 Å². The third-order valence-electron chi connectivity index (χ3n) is 3.44. The Labute approximate surface area is 127 Å². The summed E-state index contributed by atoms with van der Waals surface area (Å²) in [6.07, 6.45) is 2.96. The van der Waals surface area contributed by atoms with E-state index in [4.69, 9.17) is 5.26 Å². The molecule has 2 rings (SSSR count). The van der Waals surface area contributed by atoms with Gasteiger partial charge in [0.1, 0.15) is 11.8 Å². The summed E-state index contributed by atoms with van der Waals surface area (Å²) in [6, 6.07) is 9.33. The SMILES string of the molecule is Cc1c(C=CC(=O)c2cccc([N+](=O)[O-])c2)cc(C#N)n1C. The molecule has 1 aromatic carbocycles. The molecule has 0 N–H and O–H groups in total. The molecule has 6 heteroatoms. The molecular formula is C16H13N3O3. The van der Waals surface area contributed by atoms with Gasteiger partial charge in [0.15, 0.2) is 5.78 Å². The number of aromatic nitrogens is 1. The van der Waals surface area contributed by atoms with Crippen molar-refractivity contribution in [3.8, 4) is 6.07 Å². The Morgan fingerprint density at radius 1 is 1.41 bits per heavy atom. The number of carbonyl (C=O) groups is 1. The summed E-state index contributed by atoms with van der Waals surface area (Å²) in [5.41, 5.74) is 2.25. The van der Waals surface area contributed by atoms with Gasteiger partial charge in [-0.2, -0.15) is 5.26 Å². The highest BCUT2D eigenvalue weighted by Gasteiger charge is 2.10. The largest absolute Gasteiger partial charge is 0.339 e. The highest BCUT2D eigenvalue weighted by Crippen LogP contribution is 2.17. The van der Waals surface area contributed by atoms with Crippen LogP contribution in [0.15, 0.2) is 36.4 Å². The third-order valence-corrected chi connectivity index (χ3v) is 3.44. The first-order valence-electron chi connectivity index (χ1n) is 6.47. The van der Waals surface area contributed by atoms with E-state index in [0.717, 1.165) is 11.3 Å². The number of carbonyl (C=O) groups excluding carboxylic acids is 1.